The van der Waals surface area contributed by atoms with Crippen LogP contribution >= 0.6 is 0 Å². The van der Waals surface area contributed by atoms with Gasteiger partial charge in [0, 0.05) is 47.2 Å². The summed E-state index contributed by atoms with van der Waals surface area (Å²) in [6.07, 6.45) is 14.7. The fraction of sp³-hybridized carbons (Fsp3) is 0.233. The van der Waals surface area contributed by atoms with Crippen molar-refractivity contribution in [3.63, 3.8) is 0 Å². The maximum atomic E-state index is 6.30. The summed E-state index contributed by atoms with van der Waals surface area (Å²) in [6.45, 7) is 14.5. The van der Waals surface area contributed by atoms with Crippen molar-refractivity contribution in [1.82, 2.24) is 19.9 Å². The summed E-state index contributed by atoms with van der Waals surface area (Å²) in [7, 11) is 0. The number of benzene rings is 1. The molecule has 35 heavy (non-hydrogen) atoms. The van der Waals surface area contributed by atoms with Gasteiger partial charge in [-0.15, -0.1) is 0 Å². The zero-order chi connectivity index (χ0) is 25.2. The number of hydrogen-bond donors (Lipinski definition) is 1. The molecule has 4 aromatic rings. The van der Waals surface area contributed by atoms with Gasteiger partial charge in [0.15, 0.2) is 0 Å². The molecular weight excluding hydrogens is 432 g/mol. The van der Waals surface area contributed by atoms with Gasteiger partial charge in [-0.2, -0.15) is 0 Å². The van der Waals surface area contributed by atoms with Crippen LogP contribution in [0.25, 0.3) is 28.8 Å². The number of nitrogens with one attached hydrogen (secondary N) is 1. The average molecular weight is 469 g/mol. The number of allylic oxidation sites excluding steroid dienone is 2. The van der Waals surface area contributed by atoms with E-state index < -0.39 is 0 Å². The molecule has 0 spiro atoms. The largest absolute Gasteiger partial charge is 0.461 e. The first kappa shape index (κ1) is 25.6. The van der Waals surface area contributed by atoms with E-state index in [1.807, 2.05) is 63.3 Å². The Hall–Kier alpha value is -3.99. The van der Waals surface area contributed by atoms with E-state index in [-0.39, 0.29) is 1.43 Å². The lowest BCUT2D eigenvalue weighted by molar-refractivity contribution is 0.503. The minimum Gasteiger partial charge on any atom is -0.461 e. The molecule has 4 rings (SSSR count). The Balaban J connectivity index is 0.00000148. The summed E-state index contributed by atoms with van der Waals surface area (Å²) >= 11 is 0. The highest BCUT2D eigenvalue weighted by atomic mass is 16.5. The van der Waals surface area contributed by atoms with E-state index in [9.17, 15) is 0 Å². The van der Waals surface area contributed by atoms with Gasteiger partial charge in [0.1, 0.15) is 17.8 Å². The molecule has 0 saturated heterocycles. The van der Waals surface area contributed by atoms with Crippen LogP contribution in [0.3, 0.4) is 0 Å². The molecule has 0 aliphatic carbocycles. The summed E-state index contributed by atoms with van der Waals surface area (Å²) in [6, 6.07) is 9.95. The second-order valence-electron chi connectivity index (χ2n) is 7.96. The fourth-order valence-corrected chi connectivity index (χ4v) is 3.89. The number of pyridine rings is 1. The van der Waals surface area contributed by atoms with Crippen LogP contribution in [0.5, 0.6) is 5.75 Å². The first-order valence-corrected chi connectivity index (χ1v) is 12.1. The third-order valence-corrected chi connectivity index (χ3v) is 5.59. The van der Waals surface area contributed by atoms with Crippen LogP contribution in [-0.2, 0) is 6.42 Å². The summed E-state index contributed by atoms with van der Waals surface area (Å²) in [5.74, 6) is 1.66. The van der Waals surface area contributed by atoms with Gasteiger partial charge in [-0.25, -0.2) is 9.97 Å². The Morgan fingerprint density at radius 2 is 1.94 bits per heavy atom. The number of aromatic nitrogens is 4. The number of fused-ring (bicyclic) bond motifs is 1. The van der Waals surface area contributed by atoms with Crippen molar-refractivity contribution in [1.29, 1.82) is 0 Å². The molecular formula is C30H36N4O. The quantitative estimate of drug-likeness (QED) is 0.331. The SMILES string of the molecule is C=C(/C=C\c1cncnc1)C/C=c1\[nH]c(CC)c(C)\c1=C(\C)Oc1ccc2ncccc2c1.CC.[HH]. The van der Waals surface area contributed by atoms with Crippen LogP contribution in [0.4, 0.5) is 0 Å². The fourth-order valence-electron chi connectivity index (χ4n) is 3.89. The molecule has 1 aromatic carbocycles. The molecule has 0 amide bonds. The van der Waals surface area contributed by atoms with Crippen LogP contribution in [0.15, 0.2) is 73.5 Å². The molecule has 5 nitrogen and oxygen atoms in total. The number of H-pyrrole nitrogens is 1. The second kappa shape index (κ2) is 12.5. The number of aryl methyl sites for hydroxylation is 1. The number of ether oxygens (including phenoxy) is 1. The van der Waals surface area contributed by atoms with Crippen molar-refractivity contribution in [3.05, 3.63) is 101 Å². The van der Waals surface area contributed by atoms with Crippen molar-refractivity contribution >= 4 is 28.8 Å². The second-order valence-corrected chi connectivity index (χ2v) is 7.96. The Kier molecular flexibility index (Phi) is 9.13. The van der Waals surface area contributed by atoms with E-state index in [4.69, 9.17) is 4.74 Å². The molecule has 1 N–H and O–H groups in total. The molecule has 0 fully saturated rings. The molecule has 3 aromatic heterocycles. The summed E-state index contributed by atoms with van der Waals surface area (Å²) in [4.78, 5) is 16.0. The first-order valence-electron chi connectivity index (χ1n) is 12.1. The third kappa shape index (κ3) is 6.54. The van der Waals surface area contributed by atoms with Crippen LogP contribution in [-0.4, -0.2) is 19.9 Å². The zero-order valence-electron chi connectivity index (χ0n) is 21.3. The predicted molar refractivity (Wildman–Crippen MR) is 148 cm³/mol. The van der Waals surface area contributed by atoms with E-state index in [1.54, 1.807) is 18.6 Å². The van der Waals surface area contributed by atoms with Crippen LogP contribution in [0, 0.1) is 6.92 Å². The number of nitrogens with zero attached hydrogens (tertiary/aromatic N) is 3. The first-order chi connectivity index (χ1) is 17.0. The summed E-state index contributed by atoms with van der Waals surface area (Å²) in [5.41, 5.74) is 5.33. The maximum absolute atomic E-state index is 6.30. The number of rotatable bonds is 7. The van der Waals surface area contributed by atoms with Crippen molar-refractivity contribution in [2.45, 2.75) is 47.5 Å². The Labute approximate surface area is 209 Å². The highest BCUT2D eigenvalue weighted by Crippen LogP contribution is 2.20. The van der Waals surface area contributed by atoms with Gasteiger partial charge in [0.2, 0.25) is 0 Å². The molecule has 0 unspecified atom stereocenters. The predicted octanol–water partition coefficient (Wildman–Crippen LogP) is 6.14. The molecule has 0 aliphatic rings. The lowest BCUT2D eigenvalue weighted by atomic mass is 10.1. The number of aromatic amines is 1. The average Bonchev–Trinajstić information content (AvgIpc) is 3.23. The van der Waals surface area contributed by atoms with E-state index >= 15 is 0 Å². The molecule has 3 heterocycles. The van der Waals surface area contributed by atoms with Gasteiger partial charge in [-0.1, -0.05) is 57.2 Å². The van der Waals surface area contributed by atoms with Crippen molar-refractivity contribution in [3.8, 4) is 5.75 Å². The van der Waals surface area contributed by atoms with Gasteiger partial charge < -0.3 is 9.72 Å². The summed E-state index contributed by atoms with van der Waals surface area (Å²) < 4.78 is 6.30. The molecule has 0 bridgehead atoms. The Bertz CT molecular complexity index is 1440. The van der Waals surface area contributed by atoms with Gasteiger partial charge in [-0.05, 0) is 56.5 Å². The summed E-state index contributed by atoms with van der Waals surface area (Å²) in [5, 5.41) is 3.22. The van der Waals surface area contributed by atoms with Gasteiger partial charge in [-0.3, -0.25) is 4.98 Å². The third-order valence-electron chi connectivity index (χ3n) is 5.59. The van der Waals surface area contributed by atoms with Gasteiger partial charge in [0.05, 0.1) is 5.52 Å². The van der Waals surface area contributed by atoms with E-state index in [1.165, 1.54) is 17.6 Å². The lowest BCUT2D eigenvalue weighted by Gasteiger charge is -2.07. The zero-order valence-corrected chi connectivity index (χ0v) is 21.3. The standard InChI is InChI=1S/C28H28N4O.C2H6.H2/c1-5-25-20(3)28(21(4)33-24-11-13-26-23(15-24)7-6-14-31-26)27(32-25)12-9-19(2)8-10-22-16-29-18-30-17-22;1-2;/h6-8,10-18,32H,2,5,9H2,1,3-4H3;1-2H3;1H/b10-8-,27-12-,28-21+;;. The molecule has 5 heteroatoms. The highest BCUT2D eigenvalue weighted by molar-refractivity contribution is 5.80. The van der Waals surface area contributed by atoms with Crippen molar-refractivity contribution < 1.29 is 6.16 Å². The van der Waals surface area contributed by atoms with Crippen LogP contribution < -0.4 is 15.3 Å². The maximum Gasteiger partial charge on any atom is 0.127 e. The van der Waals surface area contributed by atoms with Gasteiger partial charge in [0.25, 0.3) is 0 Å². The molecule has 0 aliphatic heterocycles. The van der Waals surface area contributed by atoms with Crippen LogP contribution in [0.1, 0.15) is 52.4 Å². The van der Waals surface area contributed by atoms with Crippen molar-refractivity contribution in [2.24, 2.45) is 0 Å². The topological polar surface area (TPSA) is 63.7 Å². The van der Waals surface area contributed by atoms with Gasteiger partial charge >= 0.3 is 0 Å². The lowest BCUT2D eigenvalue weighted by Crippen LogP contribution is -2.28. The Morgan fingerprint density at radius 1 is 1.17 bits per heavy atom. The highest BCUT2D eigenvalue weighted by Gasteiger charge is 2.08. The number of hydrogen-bond acceptors (Lipinski definition) is 4. The monoisotopic (exact) mass is 468 g/mol. The smallest absolute Gasteiger partial charge is 0.127 e. The molecule has 0 saturated carbocycles. The normalized spacial score (nSPS) is 12.4. The van der Waals surface area contributed by atoms with E-state index in [0.717, 1.165) is 57.0 Å². The molecule has 0 atom stereocenters. The van der Waals surface area contributed by atoms with Crippen LogP contribution in [0.2, 0.25) is 0 Å². The Morgan fingerprint density at radius 3 is 2.69 bits per heavy atom. The molecule has 0 radical (unpaired) electrons. The van der Waals surface area contributed by atoms with Crippen molar-refractivity contribution in [2.75, 3.05) is 0 Å². The minimum atomic E-state index is 0. The van der Waals surface area contributed by atoms with E-state index in [2.05, 4.69) is 46.4 Å². The molecule has 182 valence electrons. The minimum absolute atomic E-state index is 0. The van der Waals surface area contributed by atoms with E-state index in [0.29, 0.717) is 0 Å².